The number of aliphatic carboxylic acids is 1. The maximum Gasteiger partial charge on any atom is 0.305 e. The lowest BCUT2D eigenvalue weighted by molar-refractivity contribution is -0.136. The lowest BCUT2D eigenvalue weighted by atomic mass is 10.3. The molecule has 1 fully saturated rings. The van der Waals surface area contributed by atoms with Gasteiger partial charge < -0.3 is 10.0 Å². The summed E-state index contributed by atoms with van der Waals surface area (Å²) in [6, 6.07) is 2.41. The van der Waals surface area contributed by atoms with E-state index >= 15 is 0 Å². The first-order chi connectivity index (χ1) is 9.15. The van der Waals surface area contributed by atoms with Crippen molar-refractivity contribution < 1.29 is 9.90 Å². The largest absolute Gasteiger partial charge is 0.481 e. The van der Waals surface area contributed by atoms with Crippen LogP contribution in [-0.4, -0.2) is 38.3 Å². The van der Waals surface area contributed by atoms with Crippen LogP contribution < -0.4 is 4.90 Å². The highest BCUT2D eigenvalue weighted by molar-refractivity contribution is 5.72. The number of hydrogen-bond donors (Lipinski definition) is 1. The van der Waals surface area contributed by atoms with Gasteiger partial charge in [0.25, 0.3) is 0 Å². The van der Waals surface area contributed by atoms with Gasteiger partial charge in [0, 0.05) is 25.0 Å². The van der Waals surface area contributed by atoms with Crippen molar-refractivity contribution in [2.45, 2.75) is 32.2 Å². The Morgan fingerprint density at radius 1 is 1.58 bits per heavy atom. The zero-order valence-corrected chi connectivity index (χ0v) is 10.8. The van der Waals surface area contributed by atoms with Crippen LogP contribution in [0, 0.1) is 6.92 Å². The molecule has 0 atom stereocenters. The predicted molar refractivity (Wildman–Crippen MR) is 70.3 cm³/mol. The Morgan fingerprint density at radius 3 is 3.05 bits per heavy atom. The third kappa shape index (κ3) is 2.38. The van der Waals surface area contributed by atoms with Crippen molar-refractivity contribution in [2.75, 3.05) is 11.4 Å². The van der Waals surface area contributed by atoms with E-state index in [1.54, 1.807) is 10.7 Å². The van der Waals surface area contributed by atoms with Crippen molar-refractivity contribution in [2.24, 2.45) is 0 Å². The Morgan fingerprint density at radius 2 is 2.37 bits per heavy atom. The summed E-state index contributed by atoms with van der Waals surface area (Å²) in [7, 11) is 0. The Labute approximate surface area is 110 Å². The van der Waals surface area contributed by atoms with E-state index in [2.05, 4.69) is 15.0 Å². The highest BCUT2D eigenvalue weighted by atomic mass is 16.4. The molecule has 3 rings (SSSR count). The van der Waals surface area contributed by atoms with Crippen molar-refractivity contribution in [3.63, 3.8) is 0 Å². The van der Waals surface area contributed by atoms with Crippen LogP contribution in [0.25, 0.3) is 5.52 Å². The monoisotopic (exact) mass is 260 g/mol. The first-order valence-electron chi connectivity index (χ1n) is 6.44. The van der Waals surface area contributed by atoms with Gasteiger partial charge in [0.05, 0.1) is 12.1 Å². The van der Waals surface area contributed by atoms with Gasteiger partial charge >= 0.3 is 5.97 Å². The summed E-state index contributed by atoms with van der Waals surface area (Å²) >= 11 is 0. The molecule has 2 aromatic heterocycles. The number of nitrogens with zero attached hydrogens (tertiary/aromatic N) is 4. The van der Waals surface area contributed by atoms with Crippen molar-refractivity contribution in [1.82, 2.24) is 14.6 Å². The van der Waals surface area contributed by atoms with E-state index in [0.717, 1.165) is 29.9 Å². The lowest BCUT2D eigenvalue weighted by Gasteiger charge is -2.23. The number of aryl methyl sites for hydroxylation is 1. The highest BCUT2D eigenvalue weighted by Crippen LogP contribution is 2.32. The molecule has 0 aliphatic heterocycles. The third-order valence-electron chi connectivity index (χ3n) is 3.32. The van der Waals surface area contributed by atoms with E-state index in [-0.39, 0.29) is 6.42 Å². The summed E-state index contributed by atoms with van der Waals surface area (Å²) in [5.41, 5.74) is 1.88. The molecule has 2 aromatic rings. The second-order valence-corrected chi connectivity index (χ2v) is 4.93. The van der Waals surface area contributed by atoms with Gasteiger partial charge in [-0.15, -0.1) is 0 Å². The van der Waals surface area contributed by atoms with Gasteiger partial charge in [0.15, 0.2) is 5.82 Å². The molecule has 2 heterocycles. The van der Waals surface area contributed by atoms with Crippen LogP contribution in [0.3, 0.4) is 0 Å². The van der Waals surface area contributed by atoms with E-state index in [1.807, 2.05) is 19.2 Å². The molecule has 0 spiro atoms. The van der Waals surface area contributed by atoms with E-state index in [0.29, 0.717) is 12.6 Å². The number of hydrogen-bond acceptors (Lipinski definition) is 4. The van der Waals surface area contributed by atoms with Crippen LogP contribution in [0.1, 0.15) is 25.0 Å². The second kappa shape index (κ2) is 4.53. The number of carboxylic acids is 1. The Balaban J connectivity index is 1.97. The minimum absolute atomic E-state index is 0.131. The Hall–Kier alpha value is -2.11. The van der Waals surface area contributed by atoms with Crippen molar-refractivity contribution in [1.29, 1.82) is 0 Å². The Bertz CT molecular complexity index is 618. The smallest absolute Gasteiger partial charge is 0.305 e. The van der Waals surface area contributed by atoms with Crippen molar-refractivity contribution in [3.05, 3.63) is 24.2 Å². The second-order valence-electron chi connectivity index (χ2n) is 4.93. The van der Waals surface area contributed by atoms with Crippen LogP contribution in [0.4, 0.5) is 5.82 Å². The van der Waals surface area contributed by atoms with Crippen LogP contribution >= 0.6 is 0 Å². The number of anilines is 1. The van der Waals surface area contributed by atoms with Crippen LogP contribution in [-0.2, 0) is 4.79 Å². The van der Waals surface area contributed by atoms with Crippen molar-refractivity contribution in [3.8, 4) is 0 Å². The van der Waals surface area contributed by atoms with Crippen LogP contribution in [0.5, 0.6) is 0 Å². The molecular formula is C13H16N4O2. The number of fused-ring (bicyclic) bond motifs is 1. The maximum absolute atomic E-state index is 10.8. The van der Waals surface area contributed by atoms with Crippen LogP contribution in [0.15, 0.2) is 18.5 Å². The van der Waals surface area contributed by atoms with E-state index < -0.39 is 5.97 Å². The van der Waals surface area contributed by atoms with Crippen molar-refractivity contribution >= 4 is 17.3 Å². The fraction of sp³-hybridized carbons (Fsp3) is 0.462. The predicted octanol–water partition coefficient (Wildman–Crippen LogP) is 1.48. The molecule has 19 heavy (non-hydrogen) atoms. The number of carboxylic acid groups (broad SMARTS) is 1. The molecule has 6 nitrogen and oxygen atoms in total. The Kier molecular flexibility index (Phi) is 2.85. The van der Waals surface area contributed by atoms with Gasteiger partial charge in [-0.05, 0) is 25.8 Å². The molecule has 0 bridgehead atoms. The number of rotatable bonds is 5. The fourth-order valence-electron chi connectivity index (χ4n) is 2.32. The number of carbonyl (C=O) groups is 1. The van der Waals surface area contributed by atoms with E-state index in [9.17, 15) is 4.79 Å². The van der Waals surface area contributed by atoms with E-state index in [4.69, 9.17) is 5.11 Å². The molecule has 6 heteroatoms. The highest BCUT2D eigenvalue weighted by Gasteiger charge is 2.31. The average molecular weight is 260 g/mol. The zero-order valence-electron chi connectivity index (χ0n) is 10.8. The normalized spacial score (nSPS) is 14.8. The molecule has 1 aliphatic carbocycles. The van der Waals surface area contributed by atoms with Gasteiger partial charge in [-0.2, -0.15) is 5.10 Å². The van der Waals surface area contributed by atoms with Gasteiger partial charge in [-0.25, -0.2) is 9.50 Å². The molecule has 0 amide bonds. The third-order valence-corrected chi connectivity index (χ3v) is 3.32. The summed E-state index contributed by atoms with van der Waals surface area (Å²) in [6.45, 7) is 2.44. The molecule has 1 saturated carbocycles. The molecular weight excluding hydrogens is 244 g/mol. The summed E-state index contributed by atoms with van der Waals surface area (Å²) in [6.07, 6.45) is 5.87. The fourth-order valence-corrected chi connectivity index (χ4v) is 2.32. The first-order valence-corrected chi connectivity index (χ1v) is 6.44. The minimum atomic E-state index is -0.776. The number of aromatic nitrogens is 3. The van der Waals surface area contributed by atoms with Gasteiger partial charge in [0.2, 0.25) is 0 Å². The summed E-state index contributed by atoms with van der Waals surface area (Å²) < 4.78 is 1.80. The minimum Gasteiger partial charge on any atom is -0.481 e. The molecule has 1 aliphatic rings. The lowest BCUT2D eigenvalue weighted by Crippen LogP contribution is -2.29. The molecule has 0 saturated heterocycles. The molecule has 0 aromatic carbocycles. The molecule has 0 unspecified atom stereocenters. The van der Waals surface area contributed by atoms with Crippen LogP contribution in [0.2, 0.25) is 0 Å². The van der Waals surface area contributed by atoms with Gasteiger partial charge in [0.1, 0.15) is 5.52 Å². The van der Waals surface area contributed by atoms with Gasteiger partial charge in [-0.1, -0.05) is 0 Å². The standard InChI is InChI=1S/C13H16N4O2/c1-9-8-11-13(14-5-7-17(11)15-9)16(10-2-3-10)6-4-12(18)19/h5,7-8,10H,2-4,6H2,1H3,(H,18,19). The van der Waals surface area contributed by atoms with Gasteiger partial charge in [-0.3, -0.25) is 4.79 Å². The molecule has 1 N–H and O–H groups in total. The summed E-state index contributed by atoms with van der Waals surface area (Å²) in [5, 5.41) is 13.2. The average Bonchev–Trinajstić information content (AvgIpc) is 3.10. The van der Waals surface area contributed by atoms with E-state index in [1.165, 1.54) is 0 Å². The topological polar surface area (TPSA) is 70.7 Å². The zero-order chi connectivity index (χ0) is 13.4. The summed E-state index contributed by atoms with van der Waals surface area (Å²) in [5.74, 6) is 0.0640. The quantitative estimate of drug-likeness (QED) is 0.881. The first kappa shape index (κ1) is 12.0. The molecule has 100 valence electrons. The summed E-state index contributed by atoms with van der Waals surface area (Å²) in [4.78, 5) is 17.3. The molecule has 0 radical (unpaired) electrons. The SMILES string of the molecule is Cc1cc2c(N(CCC(=O)O)C3CC3)nccn2n1. The maximum atomic E-state index is 10.8.